The van der Waals surface area contributed by atoms with Crippen molar-refractivity contribution in [1.82, 2.24) is 4.98 Å². The first-order chi connectivity index (χ1) is 14.2. The first-order valence-corrected chi connectivity index (χ1v) is 9.07. The molecule has 1 atom stereocenters. The number of pyridine rings is 1. The van der Waals surface area contributed by atoms with Crippen LogP contribution in [0, 0.1) is 0 Å². The summed E-state index contributed by atoms with van der Waals surface area (Å²) in [6, 6.07) is 16.4. The lowest BCUT2D eigenvalue weighted by atomic mass is 10.2. The van der Waals surface area contributed by atoms with Gasteiger partial charge in [-0.2, -0.15) is 0 Å². The fraction of sp³-hybridized carbons (Fsp3) is 0.182. The van der Waals surface area contributed by atoms with Crippen LogP contribution < -0.4 is 24.4 Å². The van der Waals surface area contributed by atoms with E-state index < -0.39 is 6.17 Å². The molecule has 3 aromatic rings. The van der Waals surface area contributed by atoms with Crippen molar-refractivity contribution >= 4 is 17.3 Å². The highest BCUT2D eigenvalue weighted by molar-refractivity contribution is 6.11. The summed E-state index contributed by atoms with van der Waals surface area (Å²) in [6.07, 6.45) is 1.16. The summed E-state index contributed by atoms with van der Waals surface area (Å²) in [4.78, 5) is 19.4. The van der Waals surface area contributed by atoms with Crippen LogP contribution in [0.2, 0.25) is 0 Å². The number of nitrogens with one attached hydrogen (secondary N) is 1. The van der Waals surface area contributed by atoms with Crippen molar-refractivity contribution in [2.24, 2.45) is 0 Å². The molecule has 0 bridgehead atoms. The van der Waals surface area contributed by atoms with Crippen LogP contribution in [-0.4, -0.2) is 32.2 Å². The maximum atomic E-state index is 13.2. The number of carbonyl (C=O) groups is 1. The summed E-state index contributed by atoms with van der Waals surface area (Å²) in [5.74, 6) is 1.83. The summed E-state index contributed by atoms with van der Waals surface area (Å²) in [7, 11) is 4.79. The van der Waals surface area contributed by atoms with E-state index in [2.05, 4.69) is 10.3 Å². The van der Waals surface area contributed by atoms with E-state index in [1.807, 2.05) is 42.5 Å². The highest BCUT2D eigenvalue weighted by Gasteiger charge is 2.39. The third kappa shape index (κ3) is 3.31. The van der Waals surface area contributed by atoms with Crippen LogP contribution in [0.4, 0.5) is 11.4 Å². The molecule has 1 aliphatic rings. The zero-order chi connectivity index (χ0) is 20.4. The Morgan fingerprint density at radius 1 is 0.931 bits per heavy atom. The zero-order valence-electron chi connectivity index (χ0n) is 16.4. The third-order valence-electron chi connectivity index (χ3n) is 4.84. The van der Waals surface area contributed by atoms with Gasteiger partial charge in [0.05, 0.1) is 44.0 Å². The summed E-state index contributed by atoms with van der Waals surface area (Å²) < 4.78 is 16.2. The number of hydrogen-bond donors (Lipinski definition) is 1. The minimum Gasteiger partial charge on any atom is -0.497 e. The molecule has 0 unspecified atom stereocenters. The molecule has 0 spiro atoms. The quantitative estimate of drug-likeness (QED) is 0.688. The Balaban J connectivity index is 1.81. The second-order valence-electron chi connectivity index (χ2n) is 6.43. The van der Waals surface area contributed by atoms with Crippen LogP contribution in [0.1, 0.15) is 22.2 Å². The molecule has 1 N–H and O–H groups in total. The minimum atomic E-state index is -0.521. The van der Waals surface area contributed by atoms with Gasteiger partial charge in [0.25, 0.3) is 5.91 Å². The lowest BCUT2D eigenvalue weighted by molar-refractivity contribution is 0.0993. The summed E-state index contributed by atoms with van der Waals surface area (Å²) in [5, 5.41) is 3.40. The third-order valence-corrected chi connectivity index (χ3v) is 4.84. The molecule has 0 fully saturated rings. The van der Waals surface area contributed by atoms with E-state index >= 15 is 0 Å². The van der Waals surface area contributed by atoms with Crippen molar-refractivity contribution in [3.05, 3.63) is 72.1 Å². The van der Waals surface area contributed by atoms with Crippen molar-refractivity contribution in [1.29, 1.82) is 0 Å². The second-order valence-corrected chi connectivity index (χ2v) is 6.43. The van der Waals surface area contributed by atoms with Crippen LogP contribution in [-0.2, 0) is 0 Å². The number of ether oxygens (including phenoxy) is 3. The van der Waals surface area contributed by atoms with Crippen LogP contribution in [0.25, 0.3) is 0 Å². The van der Waals surface area contributed by atoms with Crippen molar-refractivity contribution < 1.29 is 19.0 Å². The van der Waals surface area contributed by atoms with E-state index in [1.165, 1.54) is 0 Å². The maximum Gasteiger partial charge on any atom is 0.262 e. The number of anilines is 2. The van der Waals surface area contributed by atoms with Gasteiger partial charge in [-0.25, -0.2) is 0 Å². The Hall–Kier alpha value is -3.74. The van der Waals surface area contributed by atoms with Gasteiger partial charge in [-0.05, 0) is 36.4 Å². The van der Waals surface area contributed by atoms with Crippen molar-refractivity contribution in [2.75, 3.05) is 31.5 Å². The number of rotatable bonds is 6. The van der Waals surface area contributed by atoms with Gasteiger partial charge in [0.15, 0.2) is 6.17 Å². The van der Waals surface area contributed by atoms with Gasteiger partial charge in [-0.1, -0.05) is 6.07 Å². The Morgan fingerprint density at radius 3 is 2.48 bits per heavy atom. The number of amides is 1. The first-order valence-electron chi connectivity index (χ1n) is 9.07. The molecule has 1 amide bonds. The van der Waals surface area contributed by atoms with Crippen molar-refractivity contribution in [3.8, 4) is 17.2 Å². The molecule has 0 saturated heterocycles. The van der Waals surface area contributed by atoms with Crippen molar-refractivity contribution in [2.45, 2.75) is 6.17 Å². The molecule has 4 rings (SSSR count). The number of nitrogens with zero attached hydrogens (tertiary/aromatic N) is 2. The van der Waals surface area contributed by atoms with E-state index in [0.29, 0.717) is 39.9 Å². The fourth-order valence-corrected chi connectivity index (χ4v) is 3.42. The first kappa shape index (κ1) is 18.6. The molecule has 2 aromatic carbocycles. The molecule has 7 nitrogen and oxygen atoms in total. The van der Waals surface area contributed by atoms with Crippen LogP contribution in [0.15, 0.2) is 60.8 Å². The van der Waals surface area contributed by atoms with Gasteiger partial charge in [-0.3, -0.25) is 14.7 Å². The van der Waals surface area contributed by atoms with Crippen LogP contribution in [0.5, 0.6) is 17.2 Å². The summed E-state index contributed by atoms with van der Waals surface area (Å²) in [6.45, 7) is 0. The minimum absolute atomic E-state index is 0.138. The predicted molar refractivity (Wildman–Crippen MR) is 110 cm³/mol. The number of benzene rings is 2. The van der Waals surface area contributed by atoms with Gasteiger partial charge >= 0.3 is 0 Å². The van der Waals surface area contributed by atoms with Gasteiger partial charge in [0.1, 0.15) is 17.2 Å². The Morgan fingerprint density at radius 2 is 1.72 bits per heavy atom. The molecule has 7 heteroatoms. The SMILES string of the molecule is COc1cccc(N2C(=O)c3cccnc3[C@@H]2Nc2cc(OC)ccc2OC)c1. The molecule has 1 aromatic heterocycles. The van der Waals surface area contributed by atoms with E-state index in [1.54, 1.807) is 44.6 Å². The number of methoxy groups -OCH3 is 3. The number of aromatic nitrogens is 1. The Labute approximate surface area is 168 Å². The standard InChI is InChI=1S/C22H21N3O4/c1-27-15-7-4-6-14(12-15)25-21(20-17(22(25)26)8-5-11-23-20)24-18-13-16(28-2)9-10-19(18)29-3/h4-13,21,24H,1-3H3/t21-/m1/s1. The highest BCUT2D eigenvalue weighted by Crippen LogP contribution is 2.40. The van der Waals surface area contributed by atoms with Gasteiger partial charge in [0.2, 0.25) is 0 Å². The molecule has 2 heterocycles. The number of carbonyl (C=O) groups excluding carboxylic acids is 1. The molecule has 148 valence electrons. The van der Waals surface area contributed by atoms with E-state index in [4.69, 9.17) is 14.2 Å². The Bertz CT molecular complexity index is 1050. The van der Waals surface area contributed by atoms with Crippen LogP contribution >= 0.6 is 0 Å². The second kappa shape index (κ2) is 7.71. The van der Waals surface area contributed by atoms with E-state index in [-0.39, 0.29) is 5.91 Å². The predicted octanol–water partition coefficient (Wildman–Crippen LogP) is 3.88. The normalized spacial score (nSPS) is 15.1. The fourth-order valence-electron chi connectivity index (χ4n) is 3.42. The average molecular weight is 391 g/mol. The lowest BCUT2D eigenvalue weighted by Gasteiger charge is -2.27. The van der Waals surface area contributed by atoms with Crippen molar-refractivity contribution in [3.63, 3.8) is 0 Å². The smallest absolute Gasteiger partial charge is 0.262 e. The molecular weight excluding hydrogens is 370 g/mol. The highest BCUT2D eigenvalue weighted by atomic mass is 16.5. The number of fused-ring (bicyclic) bond motifs is 1. The number of hydrogen-bond acceptors (Lipinski definition) is 6. The monoisotopic (exact) mass is 391 g/mol. The lowest BCUT2D eigenvalue weighted by Crippen LogP contribution is -2.32. The molecule has 29 heavy (non-hydrogen) atoms. The molecule has 0 radical (unpaired) electrons. The molecular formula is C22H21N3O4. The summed E-state index contributed by atoms with van der Waals surface area (Å²) >= 11 is 0. The average Bonchev–Trinajstić information content (AvgIpc) is 3.05. The molecule has 0 saturated carbocycles. The van der Waals surface area contributed by atoms with E-state index in [0.717, 1.165) is 0 Å². The van der Waals surface area contributed by atoms with Gasteiger partial charge in [0, 0.05) is 18.3 Å². The van der Waals surface area contributed by atoms with Gasteiger partial charge < -0.3 is 19.5 Å². The topological polar surface area (TPSA) is 72.9 Å². The molecule has 0 aliphatic carbocycles. The Kier molecular flexibility index (Phi) is 4.95. The van der Waals surface area contributed by atoms with Crippen LogP contribution in [0.3, 0.4) is 0 Å². The molecule has 1 aliphatic heterocycles. The van der Waals surface area contributed by atoms with E-state index in [9.17, 15) is 4.79 Å². The largest absolute Gasteiger partial charge is 0.497 e. The summed E-state index contributed by atoms with van der Waals surface area (Å²) in [5.41, 5.74) is 2.59. The zero-order valence-corrected chi connectivity index (χ0v) is 16.4. The maximum absolute atomic E-state index is 13.2. The van der Waals surface area contributed by atoms with Gasteiger partial charge in [-0.15, -0.1) is 0 Å².